The number of carbonyl (C=O) groups excluding carboxylic acids is 1. The van der Waals surface area contributed by atoms with Gasteiger partial charge < -0.3 is 14.9 Å². The van der Waals surface area contributed by atoms with Crippen molar-refractivity contribution in [3.05, 3.63) is 106 Å². The normalized spacial score (nSPS) is 11.1. The van der Waals surface area contributed by atoms with E-state index in [0.29, 0.717) is 5.56 Å². The Balaban J connectivity index is 0.000000289. The Bertz CT molecular complexity index is 1360. The van der Waals surface area contributed by atoms with E-state index in [0.717, 1.165) is 52.7 Å². The van der Waals surface area contributed by atoms with Crippen molar-refractivity contribution in [2.45, 2.75) is 39.8 Å². The Morgan fingerprint density at radius 1 is 1.03 bits per heavy atom. The van der Waals surface area contributed by atoms with E-state index >= 15 is 0 Å². The number of aromatic nitrogens is 1. The van der Waals surface area contributed by atoms with Crippen molar-refractivity contribution in [2.24, 2.45) is 5.10 Å². The van der Waals surface area contributed by atoms with E-state index in [9.17, 15) is 9.18 Å². The number of hydrogen-bond donors (Lipinski definition) is 1. The van der Waals surface area contributed by atoms with Crippen LogP contribution >= 0.6 is 0 Å². The Labute approximate surface area is 219 Å². The fourth-order valence-corrected chi connectivity index (χ4v) is 4.31. The second-order valence-electron chi connectivity index (χ2n) is 9.63. The number of fused-ring (bicyclic) bond motifs is 1. The summed E-state index contributed by atoms with van der Waals surface area (Å²) >= 11 is 0. The van der Waals surface area contributed by atoms with E-state index in [1.165, 1.54) is 5.56 Å². The predicted octanol–water partition coefficient (Wildman–Crippen LogP) is 6.37. The van der Waals surface area contributed by atoms with E-state index < -0.39 is 0 Å². The molecule has 0 unspecified atom stereocenters. The second-order valence-corrected chi connectivity index (χ2v) is 9.63. The average Bonchev–Trinajstić information content (AvgIpc) is 3.19. The Kier molecular flexibility index (Phi) is 9.75. The van der Waals surface area contributed by atoms with Gasteiger partial charge in [0.05, 0.1) is 6.21 Å². The van der Waals surface area contributed by atoms with Gasteiger partial charge in [0.25, 0.3) is 0 Å². The van der Waals surface area contributed by atoms with E-state index in [1.54, 1.807) is 24.1 Å². The van der Waals surface area contributed by atoms with Crippen molar-refractivity contribution in [1.29, 1.82) is 0 Å². The highest BCUT2D eigenvalue weighted by atomic mass is 19.1. The lowest BCUT2D eigenvalue weighted by Crippen LogP contribution is -2.07. The molecule has 4 rings (SSSR count). The molecule has 0 amide bonds. The molecular weight excluding hydrogens is 463 g/mol. The summed E-state index contributed by atoms with van der Waals surface area (Å²) in [4.78, 5) is 11.9. The van der Waals surface area contributed by atoms with Crippen LogP contribution in [0.15, 0.2) is 71.8 Å². The summed E-state index contributed by atoms with van der Waals surface area (Å²) in [6.45, 7) is 7.50. The van der Waals surface area contributed by atoms with E-state index in [2.05, 4.69) is 47.0 Å². The molecular formula is C31H37FN4O. The fourth-order valence-electron chi connectivity index (χ4n) is 4.31. The molecule has 0 aliphatic carbocycles. The molecule has 0 aliphatic heterocycles. The molecule has 6 heteroatoms. The smallest absolute Gasteiger partial charge is 0.152 e. The summed E-state index contributed by atoms with van der Waals surface area (Å²) in [5.74, 6) is 0.128. The first-order valence-electron chi connectivity index (χ1n) is 12.5. The molecule has 0 saturated carbocycles. The number of hydrogen-bond acceptors (Lipinski definition) is 4. The number of hydrazone groups is 1. The minimum absolute atomic E-state index is 0.127. The predicted molar refractivity (Wildman–Crippen MR) is 152 cm³/mol. The van der Waals surface area contributed by atoms with Crippen LogP contribution in [0.3, 0.4) is 0 Å². The number of nitrogens with one attached hydrogen (secondary N) is 1. The number of carbonyl (C=O) groups is 1. The molecule has 0 bridgehead atoms. The molecule has 0 spiro atoms. The first kappa shape index (κ1) is 27.8. The van der Waals surface area contributed by atoms with Gasteiger partial charge in [0.1, 0.15) is 5.82 Å². The third-order valence-corrected chi connectivity index (χ3v) is 6.07. The van der Waals surface area contributed by atoms with Gasteiger partial charge in [0, 0.05) is 49.3 Å². The van der Waals surface area contributed by atoms with Crippen LogP contribution in [-0.4, -0.2) is 43.2 Å². The standard InChI is InChI=1S/C22H25N3O.C9H12FN/c1-16(2)22-20(15-26)19-11-10-18(13-23-24(3)4)12-21(19)25(22)14-17-8-6-5-7-9-17;1-7-3-4-8(6-11-2)5-9(7)10/h5-13,15-16H,14H2,1-4H3;3-5,11H,6H2,1-2H3/b23-13+;. The zero-order valence-corrected chi connectivity index (χ0v) is 22.6. The first-order chi connectivity index (χ1) is 17.7. The van der Waals surface area contributed by atoms with Crippen molar-refractivity contribution in [3.63, 3.8) is 0 Å². The monoisotopic (exact) mass is 500 g/mol. The molecule has 5 nitrogen and oxygen atoms in total. The van der Waals surface area contributed by atoms with Gasteiger partial charge in [-0.05, 0) is 54.3 Å². The summed E-state index contributed by atoms with van der Waals surface area (Å²) in [5.41, 5.74) is 6.87. The molecule has 4 aromatic rings. The van der Waals surface area contributed by atoms with Crippen molar-refractivity contribution >= 4 is 23.4 Å². The minimum Gasteiger partial charge on any atom is -0.339 e. The molecule has 37 heavy (non-hydrogen) atoms. The van der Waals surface area contributed by atoms with Crippen LogP contribution in [0.1, 0.15) is 58.1 Å². The van der Waals surface area contributed by atoms with Gasteiger partial charge in [-0.2, -0.15) is 5.10 Å². The number of aldehydes is 1. The number of halogens is 1. The largest absolute Gasteiger partial charge is 0.339 e. The molecule has 1 N–H and O–H groups in total. The van der Waals surface area contributed by atoms with E-state index in [1.807, 2.05) is 63.8 Å². The number of rotatable bonds is 8. The van der Waals surface area contributed by atoms with Gasteiger partial charge in [-0.15, -0.1) is 0 Å². The van der Waals surface area contributed by atoms with Crippen LogP contribution in [-0.2, 0) is 13.1 Å². The molecule has 0 fully saturated rings. The lowest BCUT2D eigenvalue weighted by Gasteiger charge is -2.14. The third kappa shape index (κ3) is 7.14. The quantitative estimate of drug-likeness (QED) is 0.174. The highest BCUT2D eigenvalue weighted by Crippen LogP contribution is 2.31. The summed E-state index contributed by atoms with van der Waals surface area (Å²) in [6, 6.07) is 21.8. The molecule has 3 aromatic carbocycles. The maximum absolute atomic E-state index is 12.9. The molecule has 0 aliphatic rings. The Morgan fingerprint density at radius 3 is 2.35 bits per heavy atom. The van der Waals surface area contributed by atoms with Crippen LogP contribution in [0.5, 0.6) is 0 Å². The first-order valence-corrected chi connectivity index (χ1v) is 12.5. The lowest BCUT2D eigenvalue weighted by atomic mass is 10.0. The van der Waals surface area contributed by atoms with Gasteiger partial charge in [-0.1, -0.05) is 68.4 Å². The van der Waals surface area contributed by atoms with Crippen LogP contribution < -0.4 is 5.32 Å². The highest BCUT2D eigenvalue weighted by Gasteiger charge is 2.19. The average molecular weight is 501 g/mol. The molecule has 0 saturated heterocycles. The molecule has 1 heterocycles. The van der Waals surface area contributed by atoms with E-state index in [-0.39, 0.29) is 11.7 Å². The number of nitrogens with zero attached hydrogens (tertiary/aromatic N) is 3. The fraction of sp³-hybridized carbons (Fsp3) is 0.290. The van der Waals surface area contributed by atoms with E-state index in [4.69, 9.17) is 0 Å². The Hall–Kier alpha value is -3.77. The van der Waals surface area contributed by atoms with Crippen molar-refractivity contribution in [1.82, 2.24) is 14.9 Å². The van der Waals surface area contributed by atoms with Crippen molar-refractivity contribution in [3.8, 4) is 0 Å². The van der Waals surface area contributed by atoms with Gasteiger partial charge in [0.2, 0.25) is 0 Å². The summed E-state index contributed by atoms with van der Waals surface area (Å²) in [7, 11) is 5.64. The lowest BCUT2D eigenvalue weighted by molar-refractivity contribution is 0.112. The van der Waals surface area contributed by atoms with Crippen molar-refractivity contribution < 1.29 is 9.18 Å². The molecule has 194 valence electrons. The summed E-state index contributed by atoms with van der Waals surface area (Å²) < 4.78 is 15.1. The SMILES string of the molecule is CC(C)c1c(C=O)c2ccc(/C=N/N(C)C)cc2n1Cc1ccccc1.CNCc1ccc(C)c(F)c1. The summed E-state index contributed by atoms with van der Waals surface area (Å²) in [5, 5.41) is 10.1. The van der Waals surface area contributed by atoms with Gasteiger partial charge >= 0.3 is 0 Å². The molecule has 0 radical (unpaired) electrons. The molecule has 0 atom stereocenters. The van der Waals surface area contributed by atoms with Crippen LogP contribution in [0.2, 0.25) is 0 Å². The van der Waals surface area contributed by atoms with Gasteiger partial charge in [-0.25, -0.2) is 4.39 Å². The highest BCUT2D eigenvalue weighted by molar-refractivity contribution is 6.01. The number of benzene rings is 3. The van der Waals surface area contributed by atoms with Gasteiger partial charge in [0.15, 0.2) is 6.29 Å². The van der Waals surface area contributed by atoms with Crippen LogP contribution in [0, 0.1) is 12.7 Å². The maximum atomic E-state index is 12.9. The van der Waals surface area contributed by atoms with Gasteiger partial charge in [-0.3, -0.25) is 4.79 Å². The number of aryl methyl sites for hydroxylation is 1. The minimum atomic E-state index is -0.127. The topological polar surface area (TPSA) is 49.6 Å². The zero-order chi connectivity index (χ0) is 26.9. The molecule has 1 aromatic heterocycles. The van der Waals surface area contributed by atoms with Crippen LogP contribution in [0.4, 0.5) is 4.39 Å². The maximum Gasteiger partial charge on any atom is 0.152 e. The zero-order valence-electron chi connectivity index (χ0n) is 22.6. The Morgan fingerprint density at radius 2 is 1.76 bits per heavy atom. The third-order valence-electron chi connectivity index (χ3n) is 6.07. The van der Waals surface area contributed by atoms with Crippen molar-refractivity contribution in [2.75, 3.05) is 21.1 Å². The summed E-state index contributed by atoms with van der Waals surface area (Å²) in [6.07, 6.45) is 2.83. The van der Waals surface area contributed by atoms with Crippen LogP contribution in [0.25, 0.3) is 10.9 Å². The second kappa shape index (κ2) is 13.0.